The molecule has 3 unspecified atom stereocenters. The second kappa shape index (κ2) is 21.0. The lowest BCUT2D eigenvalue weighted by atomic mass is 11.3. The first-order chi connectivity index (χ1) is 22.1. The molecule has 288 valence electrons. The predicted octanol–water partition coefficient (Wildman–Crippen LogP) is -16.1. The lowest BCUT2D eigenvalue weighted by Crippen LogP contribution is -3.06. The Kier molecular flexibility index (Phi) is 22.5. The molecule has 0 aliphatic carbocycles. The molecule has 0 fully saturated rings. The Labute approximate surface area is 315 Å². The molecular formula is C9H58O19Si20. The highest BCUT2D eigenvalue weighted by molar-refractivity contribution is 8.15. The van der Waals surface area contributed by atoms with E-state index in [1.807, 2.05) is 13.1 Å². The summed E-state index contributed by atoms with van der Waals surface area (Å²) in [6.07, 6.45) is 0. The van der Waals surface area contributed by atoms with Crippen LogP contribution in [0.3, 0.4) is 0 Å². The zero-order chi connectivity index (χ0) is 37.9. The van der Waals surface area contributed by atoms with E-state index in [4.69, 9.17) is 33.2 Å². The highest BCUT2D eigenvalue weighted by atomic mass is 30.4. The molecule has 39 heteroatoms. The van der Waals surface area contributed by atoms with Crippen molar-refractivity contribution in [2.45, 2.75) is 39.3 Å². The average molecular weight is 1030 g/mol. The molecular weight excluding hydrogens is 974 g/mol. The van der Waals surface area contributed by atoms with Crippen LogP contribution < -0.4 is 0 Å². The van der Waals surface area contributed by atoms with Crippen LogP contribution in [0.1, 0.15) is 0 Å². The Morgan fingerprint density at radius 2 is 1.02 bits per heavy atom. The highest BCUT2D eigenvalue weighted by Crippen LogP contribution is 2.45. The van der Waals surface area contributed by atoms with Gasteiger partial charge in [-0.15, -0.1) is 6.58 Å². The van der Waals surface area contributed by atoms with Crippen molar-refractivity contribution in [1.82, 2.24) is 0 Å². The normalized spacial score (nSPS) is 23.5. The van der Waals surface area contributed by atoms with Crippen LogP contribution in [0.2, 0.25) is 39.3 Å². The molecule has 19 nitrogen and oxygen atoms in total. The minimum absolute atomic E-state index is 0.0161. The third kappa shape index (κ3) is 11.0. The lowest BCUT2D eigenvalue weighted by molar-refractivity contribution is 0.304. The van der Waals surface area contributed by atoms with Crippen molar-refractivity contribution < 1.29 is 86.0 Å². The van der Waals surface area contributed by atoms with Crippen LogP contribution >= 0.6 is 0 Å². The smallest absolute Gasteiger partial charge is 0.338 e. The van der Waals surface area contributed by atoms with E-state index in [0.717, 1.165) is 0 Å². The fourth-order valence-electron chi connectivity index (χ4n) is 5.58. The average Bonchev–Trinajstić information content (AvgIpc) is 3.02. The number of hydrogen-bond acceptors (Lipinski definition) is 19. The van der Waals surface area contributed by atoms with Gasteiger partial charge in [0.1, 0.15) is 0 Å². The number of rotatable bonds is 27. The minimum Gasteiger partial charge on any atom is -0.441 e. The van der Waals surface area contributed by atoms with Crippen molar-refractivity contribution in [2.75, 3.05) is 7.11 Å². The van der Waals surface area contributed by atoms with E-state index in [9.17, 15) is 52.8 Å². The molecule has 0 saturated carbocycles. The molecule has 0 aromatic rings. The molecule has 3 atom stereocenters. The SMILES string of the molecule is C=C[Si](C)(C)O[Si](C)(C)O[Si](O[Si](O[SiH2]O)([SiH2]O)[SiH2]O)([Si](O[SiH2]O)([SiH2]O)[SiH2]O)[Si](O[Si](C)(C)O)([Si]([SiH3])(OC)[SiH2]O)[Si](O[SiH2]O)([SiH2]O)[SiH2]O. The summed E-state index contributed by atoms with van der Waals surface area (Å²) in [6, 6.07) is 0. The molecule has 48 heavy (non-hydrogen) atoms. The standard InChI is InChI=1S/C9H58O19Si20/c1-9-40(3,4)25-42(7,8)27-44(46(36-16,37-17)23-31-11,28-43(33-13,34-14)22-30-10)48(26-41(5,6)20,45(29,21-2)35-15)47(38-18,39-19)24-32-12/h9-20H,1,30-39H2,2-8,29H3. The van der Waals surface area contributed by atoms with Crippen LogP contribution in [0.4, 0.5) is 0 Å². The van der Waals surface area contributed by atoms with E-state index in [-0.39, 0.29) is 9.76 Å². The molecule has 0 rings (SSSR count). The molecule has 0 heterocycles. The van der Waals surface area contributed by atoms with Crippen molar-refractivity contribution in [1.29, 1.82) is 0 Å². The molecule has 0 saturated heterocycles. The van der Waals surface area contributed by atoms with Gasteiger partial charge in [-0.1, -0.05) is 5.70 Å². The van der Waals surface area contributed by atoms with Crippen LogP contribution in [0.5, 0.6) is 0 Å². The molecule has 0 aliphatic heterocycles. The van der Waals surface area contributed by atoms with Gasteiger partial charge in [-0.2, -0.15) is 0 Å². The van der Waals surface area contributed by atoms with Gasteiger partial charge in [0.25, 0.3) is 43.8 Å². The summed E-state index contributed by atoms with van der Waals surface area (Å²) < 4.78 is 53.0. The van der Waals surface area contributed by atoms with Gasteiger partial charge in [-0.25, -0.2) is 0 Å². The van der Waals surface area contributed by atoms with Gasteiger partial charge in [0, 0.05) is 16.9 Å². The minimum atomic E-state index is -5.17. The first-order valence-electron chi connectivity index (χ1n) is 14.8. The zero-order valence-corrected chi connectivity index (χ0v) is 54.2. The van der Waals surface area contributed by atoms with Gasteiger partial charge in [0.15, 0.2) is 54.7 Å². The first-order valence-corrected chi connectivity index (χ1v) is 66.6. The van der Waals surface area contributed by atoms with Gasteiger partial charge >= 0.3 is 32.3 Å². The van der Waals surface area contributed by atoms with Crippen LogP contribution in [-0.4, -0.2) is 233 Å². The summed E-state index contributed by atoms with van der Waals surface area (Å²) >= 11 is 0. The van der Waals surface area contributed by atoms with E-state index >= 15 is 0 Å². The summed E-state index contributed by atoms with van der Waals surface area (Å²) in [5.74, 6) is 0. The highest BCUT2D eigenvalue weighted by Gasteiger charge is 2.90. The van der Waals surface area contributed by atoms with Crippen LogP contribution in [0.25, 0.3) is 0 Å². The summed E-state index contributed by atoms with van der Waals surface area (Å²) in [6.45, 7) is -3.83. The summed E-state index contributed by atoms with van der Waals surface area (Å²) in [5, 5.41) is 0. The largest absolute Gasteiger partial charge is 0.441 e. The summed E-state index contributed by atoms with van der Waals surface area (Å²) in [5.41, 5.74) is 1.66. The third-order valence-corrected chi connectivity index (χ3v) is 210. The van der Waals surface area contributed by atoms with E-state index in [1.54, 1.807) is 18.8 Å². The first kappa shape index (κ1) is 51.3. The molecule has 0 spiro atoms. The maximum absolute atomic E-state index is 11.8. The second-order valence-corrected chi connectivity index (χ2v) is 130. The molecule has 0 amide bonds. The van der Waals surface area contributed by atoms with E-state index in [1.165, 1.54) is 20.2 Å². The van der Waals surface area contributed by atoms with Gasteiger partial charge in [-0.05, 0) is 39.3 Å². The fraction of sp³-hybridized carbons (Fsp3) is 0.778. The Morgan fingerprint density at radius 3 is 1.33 bits per heavy atom. The molecule has 11 N–H and O–H groups in total. The van der Waals surface area contributed by atoms with Crippen LogP contribution in [0, 0.1) is 0 Å². The topological polar surface area (TPSA) is 296 Å². The molecule has 0 radical (unpaired) electrons. The van der Waals surface area contributed by atoms with Crippen molar-refractivity contribution in [3.63, 3.8) is 0 Å². The Hall–Kier alpha value is 3.32. The second-order valence-electron chi connectivity index (χ2n) is 12.6. The van der Waals surface area contributed by atoms with Crippen molar-refractivity contribution >= 4 is 173 Å². The van der Waals surface area contributed by atoms with Gasteiger partial charge < -0.3 is 86.0 Å². The number of hydrogen-bond donors (Lipinski definition) is 11. The van der Waals surface area contributed by atoms with Crippen molar-refractivity contribution in [2.24, 2.45) is 0 Å². The Morgan fingerprint density at radius 1 is 0.583 bits per heavy atom. The molecule has 0 bridgehead atoms. The van der Waals surface area contributed by atoms with Crippen LogP contribution in [-0.2, 0) is 33.2 Å². The molecule has 0 aromatic heterocycles. The summed E-state index contributed by atoms with van der Waals surface area (Å²) in [7, 11) is -43.8. The third-order valence-electron chi connectivity index (χ3n) is 7.84. The quantitative estimate of drug-likeness (QED) is 0.0341. The fourth-order valence-corrected chi connectivity index (χ4v) is 369. The Balaban J connectivity index is 9.69. The van der Waals surface area contributed by atoms with E-state index in [0.29, 0.717) is 0 Å². The van der Waals surface area contributed by atoms with Crippen molar-refractivity contribution in [3.05, 3.63) is 12.3 Å². The maximum Gasteiger partial charge on any atom is 0.338 e. The van der Waals surface area contributed by atoms with E-state index in [2.05, 4.69) is 6.58 Å². The van der Waals surface area contributed by atoms with E-state index < -0.39 is 163 Å². The zero-order valence-electron chi connectivity index (χ0n) is 29.0. The monoisotopic (exact) mass is 1030 g/mol. The van der Waals surface area contributed by atoms with Crippen LogP contribution in [0.15, 0.2) is 12.3 Å². The van der Waals surface area contributed by atoms with Crippen molar-refractivity contribution in [3.8, 4) is 0 Å². The Bertz CT molecular complexity index is 963. The molecule has 0 aliphatic rings. The predicted molar refractivity (Wildman–Crippen MR) is 232 cm³/mol. The van der Waals surface area contributed by atoms with Gasteiger partial charge in [0.05, 0.1) is 0 Å². The van der Waals surface area contributed by atoms with Gasteiger partial charge in [0.2, 0.25) is 32.3 Å². The maximum atomic E-state index is 11.8. The lowest BCUT2D eigenvalue weighted by Gasteiger charge is -2.64. The van der Waals surface area contributed by atoms with Gasteiger partial charge in [-0.3, -0.25) is 0 Å². The summed E-state index contributed by atoms with van der Waals surface area (Å²) in [4.78, 5) is 123. The molecule has 0 aromatic carbocycles.